The molecule has 3 aromatic heterocycles. The Kier molecular flexibility index (Phi) is 8.05. The third-order valence-electron chi connectivity index (χ3n) is 13.2. The van der Waals surface area contributed by atoms with Gasteiger partial charge in [-0.05, 0) is 0 Å². The molecular weight excluding hydrogens is 825 g/mol. The van der Waals surface area contributed by atoms with E-state index >= 15 is 0 Å². The third-order valence-corrected chi connectivity index (χ3v) is 23.1. The molecule has 1 aliphatic rings. The van der Waals surface area contributed by atoms with E-state index < -0.39 is 13.3 Å². The van der Waals surface area contributed by atoms with E-state index in [4.69, 9.17) is 9.97 Å². The topological polar surface area (TPSA) is 35.6 Å². The molecule has 0 radical (unpaired) electrons. The summed E-state index contributed by atoms with van der Waals surface area (Å²) in [4.78, 5) is 11.4. The van der Waals surface area contributed by atoms with Crippen LogP contribution in [0, 0.1) is 0 Å². The number of para-hydroxylation sites is 3. The van der Waals surface area contributed by atoms with Gasteiger partial charge in [-0.15, -0.1) is 0 Å². The SMILES string of the molecule is c1ccc(-c2nc(-c3cccc(-n4c5ccccc5c5ccc6c7ccccc7n(-c7ccccc7)c6c54)c3)c3[c](n2)[Ge]([c]2ccccc2)([c]2ccccc2)[c]2ccccc2-3)cc1. The standard InChI is InChI=1S/C58H38GeN4/c1-5-20-39(21-6-1)58-60-54(53-49-32-13-16-33-50(49)59(57(53)61-58,41-23-7-2-8-24-41)42-25-9-3-10-26-42)40-22-19-29-44(38-40)63-52-35-18-15-31-46(52)48-37-36-47-45-30-14-17-34-51(45)62(55(47)56(48)63)43-27-11-4-12-28-43/h1-38H. The summed E-state index contributed by atoms with van der Waals surface area (Å²) < 4.78 is 10.2. The van der Waals surface area contributed by atoms with Crippen LogP contribution in [0.15, 0.2) is 231 Å². The monoisotopic (exact) mass is 864 g/mol. The van der Waals surface area contributed by atoms with Crippen molar-refractivity contribution in [3.8, 4) is 45.1 Å². The Morgan fingerprint density at radius 3 is 1.49 bits per heavy atom. The normalized spacial score (nSPS) is 12.9. The number of hydrogen-bond acceptors (Lipinski definition) is 2. The fourth-order valence-corrected chi connectivity index (χ4v) is 21.1. The van der Waals surface area contributed by atoms with Gasteiger partial charge in [-0.3, -0.25) is 0 Å². The number of hydrogen-bond donors (Lipinski definition) is 0. The van der Waals surface area contributed by atoms with E-state index in [2.05, 4.69) is 240 Å². The zero-order valence-corrected chi connectivity index (χ0v) is 36.3. The van der Waals surface area contributed by atoms with Crippen LogP contribution in [0.4, 0.5) is 0 Å². The molecule has 12 aromatic rings. The fourth-order valence-electron chi connectivity index (χ4n) is 10.6. The molecule has 0 unspecified atom stereocenters. The molecular formula is C58H38GeN4. The molecule has 0 saturated heterocycles. The minimum absolute atomic E-state index is 0.746. The van der Waals surface area contributed by atoms with Gasteiger partial charge in [-0.1, -0.05) is 30.3 Å². The van der Waals surface area contributed by atoms with E-state index in [-0.39, 0.29) is 0 Å². The maximum absolute atomic E-state index is 5.74. The van der Waals surface area contributed by atoms with Crippen LogP contribution in [0.3, 0.4) is 0 Å². The van der Waals surface area contributed by atoms with Crippen molar-refractivity contribution >= 4 is 74.6 Å². The van der Waals surface area contributed by atoms with Gasteiger partial charge in [-0.2, -0.15) is 0 Å². The van der Waals surface area contributed by atoms with Crippen molar-refractivity contribution in [3.63, 3.8) is 0 Å². The Morgan fingerprint density at radius 2 is 0.857 bits per heavy atom. The number of aromatic nitrogens is 4. The maximum atomic E-state index is 5.74. The molecule has 0 amide bonds. The number of nitrogens with zero attached hydrogens (tertiary/aromatic N) is 4. The van der Waals surface area contributed by atoms with E-state index in [1.807, 2.05) is 0 Å². The van der Waals surface area contributed by atoms with E-state index in [1.165, 1.54) is 61.4 Å². The molecule has 0 saturated carbocycles. The summed E-state index contributed by atoms with van der Waals surface area (Å²) in [5.41, 5.74) is 12.3. The average molecular weight is 864 g/mol. The van der Waals surface area contributed by atoms with E-state index in [0.29, 0.717) is 0 Å². The van der Waals surface area contributed by atoms with Crippen LogP contribution in [0.25, 0.3) is 88.8 Å². The Hall–Kier alpha value is -7.80. The molecule has 9 aromatic carbocycles. The van der Waals surface area contributed by atoms with Crippen molar-refractivity contribution in [1.82, 2.24) is 19.1 Å². The van der Waals surface area contributed by atoms with Crippen LogP contribution in [-0.2, 0) is 0 Å². The van der Waals surface area contributed by atoms with Gasteiger partial charge in [0.2, 0.25) is 0 Å². The summed E-state index contributed by atoms with van der Waals surface area (Å²) in [6.45, 7) is 0. The predicted octanol–water partition coefficient (Wildman–Crippen LogP) is 11.4. The first-order valence-corrected chi connectivity index (χ1v) is 25.8. The molecule has 1 aliphatic heterocycles. The van der Waals surface area contributed by atoms with Crippen LogP contribution >= 0.6 is 0 Å². The summed E-state index contributed by atoms with van der Waals surface area (Å²) in [6, 6.07) is 84.0. The molecule has 0 spiro atoms. The fraction of sp³-hybridized carbons (Fsp3) is 0. The second-order valence-electron chi connectivity index (χ2n) is 16.5. The Morgan fingerprint density at radius 1 is 0.365 bits per heavy atom. The van der Waals surface area contributed by atoms with Gasteiger partial charge in [0, 0.05) is 0 Å². The van der Waals surface area contributed by atoms with Crippen LogP contribution in [-0.4, -0.2) is 32.4 Å². The van der Waals surface area contributed by atoms with Gasteiger partial charge in [0.25, 0.3) is 0 Å². The first-order chi connectivity index (χ1) is 31.3. The molecule has 0 fully saturated rings. The Bertz CT molecular complexity index is 3690. The molecule has 4 nitrogen and oxygen atoms in total. The predicted molar refractivity (Wildman–Crippen MR) is 264 cm³/mol. The molecule has 0 bridgehead atoms. The first-order valence-electron chi connectivity index (χ1n) is 21.6. The molecule has 0 atom stereocenters. The number of fused-ring (bicyclic) bond motifs is 10. The van der Waals surface area contributed by atoms with Gasteiger partial charge in [0.1, 0.15) is 0 Å². The van der Waals surface area contributed by atoms with Crippen LogP contribution in [0.1, 0.15) is 0 Å². The molecule has 13 rings (SSSR count). The molecule has 294 valence electrons. The minimum atomic E-state index is -3.73. The van der Waals surface area contributed by atoms with Gasteiger partial charge >= 0.3 is 339 Å². The van der Waals surface area contributed by atoms with Gasteiger partial charge in [0.15, 0.2) is 0 Å². The molecule has 5 heteroatoms. The van der Waals surface area contributed by atoms with Gasteiger partial charge in [0.05, 0.1) is 0 Å². The number of benzene rings is 9. The zero-order chi connectivity index (χ0) is 41.5. The molecule has 63 heavy (non-hydrogen) atoms. The summed E-state index contributed by atoms with van der Waals surface area (Å²) in [7, 11) is 0. The molecule has 0 N–H and O–H groups in total. The summed E-state index contributed by atoms with van der Waals surface area (Å²) in [5.74, 6) is 0.746. The third kappa shape index (κ3) is 5.22. The Labute approximate surface area is 367 Å². The van der Waals surface area contributed by atoms with Crippen molar-refractivity contribution in [2.24, 2.45) is 0 Å². The second-order valence-corrected chi connectivity index (χ2v) is 24.2. The molecule has 0 aliphatic carbocycles. The van der Waals surface area contributed by atoms with Crippen molar-refractivity contribution in [1.29, 1.82) is 0 Å². The van der Waals surface area contributed by atoms with Gasteiger partial charge < -0.3 is 0 Å². The summed E-state index contributed by atoms with van der Waals surface area (Å²) in [5, 5.41) is 4.90. The van der Waals surface area contributed by atoms with Crippen LogP contribution in [0.2, 0.25) is 0 Å². The van der Waals surface area contributed by atoms with Crippen LogP contribution < -0.4 is 17.7 Å². The van der Waals surface area contributed by atoms with Crippen molar-refractivity contribution in [2.45, 2.75) is 0 Å². The first kappa shape index (κ1) is 35.9. The van der Waals surface area contributed by atoms with Crippen molar-refractivity contribution in [2.75, 3.05) is 0 Å². The van der Waals surface area contributed by atoms with Gasteiger partial charge in [-0.25, -0.2) is 0 Å². The average Bonchev–Trinajstić information content (AvgIpc) is 3.99. The van der Waals surface area contributed by atoms with E-state index in [1.54, 1.807) is 0 Å². The van der Waals surface area contributed by atoms with Crippen LogP contribution in [0.5, 0.6) is 0 Å². The second kappa shape index (κ2) is 14.1. The van der Waals surface area contributed by atoms with E-state index in [9.17, 15) is 0 Å². The van der Waals surface area contributed by atoms with E-state index in [0.717, 1.165) is 45.1 Å². The number of rotatable bonds is 6. The Balaban J connectivity index is 1.14. The van der Waals surface area contributed by atoms with Crippen molar-refractivity contribution < 1.29 is 0 Å². The molecule has 4 heterocycles. The van der Waals surface area contributed by atoms with Crippen molar-refractivity contribution in [3.05, 3.63) is 231 Å². The quantitative estimate of drug-likeness (QED) is 0.156. The summed E-state index contributed by atoms with van der Waals surface area (Å²) in [6.07, 6.45) is 0. The zero-order valence-electron chi connectivity index (χ0n) is 34.2. The summed E-state index contributed by atoms with van der Waals surface area (Å²) >= 11 is -3.73.